The van der Waals surface area contributed by atoms with Gasteiger partial charge in [0, 0.05) is 43.8 Å². The number of aryl methyl sites for hydroxylation is 1. The number of anilines is 2. The molecule has 3 aliphatic carbocycles. The van der Waals surface area contributed by atoms with Crippen molar-refractivity contribution in [3.05, 3.63) is 80.3 Å². The number of rotatable bonds is 16. The van der Waals surface area contributed by atoms with E-state index in [1.807, 2.05) is 18.2 Å². The van der Waals surface area contributed by atoms with Crippen LogP contribution in [0.15, 0.2) is 47.5 Å². The molecule has 0 spiro atoms. The summed E-state index contributed by atoms with van der Waals surface area (Å²) in [5.74, 6) is 0.759. The monoisotopic (exact) mass is 843 g/mol. The number of ether oxygens (including phenoxy) is 3. The lowest BCUT2D eigenvalue weighted by atomic mass is 9.33. The minimum atomic E-state index is -1.22. The molecular weight excluding hydrogens is 790 g/mol. The molecule has 1 aliphatic heterocycles. The third-order valence-electron chi connectivity index (χ3n) is 11.8. The van der Waals surface area contributed by atoms with E-state index in [9.17, 15) is 4.79 Å². The Hall–Kier alpha value is -4.02. The van der Waals surface area contributed by atoms with Gasteiger partial charge in [0.25, 0.3) is 0 Å². The number of methoxy groups -OCH3 is 1. The Morgan fingerprint density at radius 2 is 1.86 bits per heavy atom. The number of fused-ring (bicyclic) bond motifs is 2. The van der Waals surface area contributed by atoms with Gasteiger partial charge in [0.1, 0.15) is 6.73 Å². The Morgan fingerprint density at radius 1 is 1.07 bits per heavy atom. The first kappa shape index (κ1) is 40.7. The molecule has 4 aliphatic rings. The second-order valence-corrected chi connectivity index (χ2v) is 25.5. The molecule has 5 aromatic rings. The largest absolute Gasteiger partial charge is 0.491 e. The minimum Gasteiger partial charge on any atom is -0.491 e. The van der Waals surface area contributed by atoms with E-state index < -0.39 is 14.0 Å². The van der Waals surface area contributed by atoms with E-state index in [2.05, 4.69) is 72.3 Å². The fourth-order valence-corrected chi connectivity index (χ4v) is 12.0. The summed E-state index contributed by atoms with van der Waals surface area (Å²) in [6, 6.07) is 14.9. The number of thiazole rings is 2. The fourth-order valence-electron chi connectivity index (χ4n) is 9.10. The van der Waals surface area contributed by atoms with Gasteiger partial charge in [-0.25, -0.2) is 14.2 Å². The molecule has 2 aromatic carbocycles. The number of hydrogen-bond donors (Lipinski definition) is 0. The van der Waals surface area contributed by atoms with Crippen LogP contribution in [0.2, 0.25) is 25.7 Å². The van der Waals surface area contributed by atoms with Crippen molar-refractivity contribution < 1.29 is 23.4 Å². The van der Waals surface area contributed by atoms with Crippen LogP contribution in [0.1, 0.15) is 64.2 Å². The van der Waals surface area contributed by atoms with Crippen LogP contribution in [0, 0.1) is 18.2 Å². The van der Waals surface area contributed by atoms with Crippen LogP contribution in [0.4, 0.5) is 21.2 Å². The predicted molar refractivity (Wildman–Crippen MR) is 231 cm³/mol. The number of halogens is 1. The van der Waals surface area contributed by atoms with Crippen LogP contribution < -0.4 is 14.4 Å². The first-order valence-electron chi connectivity index (χ1n) is 20.3. The topological polar surface area (TPSA) is 107 Å². The fraction of sp³-hybridized carbons (Fsp3) is 0.512. The summed E-state index contributed by atoms with van der Waals surface area (Å²) in [6.07, 6.45) is 6.21. The molecule has 3 saturated carbocycles. The van der Waals surface area contributed by atoms with Gasteiger partial charge >= 0.3 is 5.97 Å². The Morgan fingerprint density at radius 3 is 2.60 bits per heavy atom. The van der Waals surface area contributed by atoms with E-state index in [0.717, 1.165) is 93.7 Å². The van der Waals surface area contributed by atoms with E-state index in [-0.39, 0.29) is 22.7 Å². The number of hydrogen-bond acceptors (Lipinski definition) is 12. The predicted octanol–water partition coefficient (Wildman–Crippen LogP) is 8.81. The second kappa shape index (κ2) is 16.2. The van der Waals surface area contributed by atoms with Gasteiger partial charge in [-0.2, -0.15) is 4.99 Å². The molecule has 0 unspecified atom stereocenters. The Kier molecular flexibility index (Phi) is 11.4. The van der Waals surface area contributed by atoms with E-state index in [1.54, 1.807) is 23.5 Å². The highest BCUT2D eigenvalue weighted by atomic mass is 32.1. The summed E-state index contributed by atoms with van der Waals surface area (Å²) in [4.78, 5) is 28.7. The molecular formula is C43H54FN7O4S2Si. The maximum atomic E-state index is 15.2. The first-order valence-corrected chi connectivity index (χ1v) is 25.6. The van der Waals surface area contributed by atoms with Crippen LogP contribution in [-0.4, -0.2) is 86.2 Å². The third-order valence-corrected chi connectivity index (χ3v) is 15.7. The first-order chi connectivity index (χ1) is 27.8. The van der Waals surface area contributed by atoms with Crippen molar-refractivity contribution in [3.63, 3.8) is 0 Å². The van der Waals surface area contributed by atoms with Crippen LogP contribution >= 0.6 is 22.7 Å². The van der Waals surface area contributed by atoms with Gasteiger partial charge in [-0.05, 0) is 113 Å². The summed E-state index contributed by atoms with van der Waals surface area (Å²) in [6.45, 7) is 12.3. The lowest BCUT2D eigenvalue weighted by molar-refractivity contribution is -0.151. The summed E-state index contributed by atoms with van der Waals surface area (Å²) in [5, 5.41) is 10.1. The molecule has 11 nitrogen and oxygen atoms in total. The van der Waals surface area contributed by atoms with Crippen molar-refractivity contribution in [1.82, 2.24) is 24.6 Å². The molecule has 3 fully saturated rings. The summed E-state index contributed by atoms with van der Waals surface area (Å²) >= 11 is 3.06. The number of aromatic nitrogens is 4. The van der Waals surface area contributed by atoms with Crippen LogP contribution in [0.5, 0.6) is 5.75 Å². The maximum absolute atomic E-state index is 15.2. The minimum absolute atomic E-state index is 0.130. The SMILES string of the molecule is COC(=O)c1nc(N2CCCc3c2nnc(/N=c2\sc4ccccc4n2COCC[Si](C)(C)C)c3C)sc1CCCOc1ccc(C23CC(CN(C)C)(C2)C3)cc1F. The summed E-state index contributed by atoms with van der Waals surface area (Å²) < 4.78 is 35.8. The van der Waals surface area contributed by atoms with Crippen molar-refractivity contribution in [1.29, 1.82) is 0 Å². The smallest absolute Gasteiger partial charge is 0.357 e. The van der Waals surface area contributed by atoms with Crippen LogP contribution in [0.3, 0.4) is 0 Å². The highest BCUT2D eigenvalue weighted by molar-refractivity contribution is 7.16. The average molecular weight is 844 g/mol. The molecule has 2 bridgehead atoms. The number of carbonyl (C=O) groups excluding carboxylic acids is 1. The zero-order valence-corrected chi connectivity index (χ0v) is 37.3. The average Bonchev–Trinajstić information content (AvgIpc) is 3.74. The van der Waals surface area contributed by atoms with Gasteiger partial charge in [0.05, 0.1) is 23.9 Å². The number of para-hydroxylation sites is 1. The highest BCUT2D eigenvalue weighted by Gasteiger charge is 2.67. The number of nitrogens with zero attached hydrogens (tertiary/aromatic N) is 7. The molecule has 3 aromatic heterocycles. The third kappa shape index (κ3) is 8.12. The highest BCUT2D eigenvalue weighted by Crippen LogP contribution is 2.73. The Balaban J connectivity index is 0.963. The molecule has 58 heavy (non-hydrogen) atoms. The van der Waals surface area contributed by atoms with E-state index in [0.29, 0.717) is 49.1 Å². The lowest BCUT2D eigenvalue weighted by Gasteiger charge is -2.72. The molecule has 0 amide bonds. The van der Waals surface area contributed by atoms with Gasteiger partial charge in [-0.3, -0.25) is 4.57 Å². The molecule has 308 valence electrons. The van der Waals surface area contributed by atoms with Crippen molar-refractivity contribution in [2.75, 3.05) is 52.4 Å². The normalized spacial score (nSPS) is 20.3. The lowest BCUT2D eigenvalue weighted by Crippen LogP contribution is -2.67. The zero-order chi connectivity index (χ0) is 40.8. The molecule has 0 N–H and O–H groups in total. The molecule has 0 radical (unpaired) electrons. The quantitative estimate of drug-likeness (QED) is 0.0548. The van der Waals surface area contributed by atoms with Crippen molar-refractivity contribution in [2.45, 2.75) is 89.7 Å². The van der Waals surface area contributed by atoms with Crippen LogP contribution in [0.25, 0.3) is 10.2 Å². The van der Waals surface area contributed by atoms with Gasteiger partial charge in [0.15, 0.2) is 38.8 Å². The van der Waals surface area contributed by atoms with Crippen molar-refractivity contribution in [3.8, 4) is 5.75 Å². The summed E-state index contributed by atoms with van der Waals surface area (Å²) in [7, 11) is 4.39. The van der Waals surface area contributed by atoms with Gasteiger partial charge in [-0.1, -0.05) is 49.2 Å². The zero-order valence-electron chi connectivity index (χ0n) is 34.7. The molecule has 15 heteroatoms. The number of esters is 1. The number of carbonyl (C=O) groups is 1. The molecule has 4 heterocycles. The second-order valence-electron chi connectivity index (χ2n) is 17.9. The van der Waals surface area contributed by atoms with Gasteiger partial charge < -0.3 is 24.0 Å². The molecule has 9 rings (SSSR count). The van der Waals surface area contributed by atoms with E-state index >= 15 is 4.39 Å². The van der Waals surface area contributed by atoms with Gasteiger partial charge in [-0.15, -0.1) is 21.5 Å². The van der Waals surface area contributed by atoms with Gasteiger partial charge in [0.2, 0.25) is 0 Å². The van der Waals surface area contributed by atoms with Crippen molar-refractivity contribution >= 4 is 63.7 Å². The van der Waals surface area contributed by atoms with E-state index in [4.69, 9.17) is 29.3 Å². The van der Waals surface area contributed by atoms with Crippen molar-refractivity contribution in [2.24, 2.45) is 10.4 Å². The van der Waals surface area contributed by atoms with Crippen LogP contribution in [-0.2, 0) is 34.5 Å². The molecule has 0 atom stereocenters. The standard InChI is InChI=1S/C43H54FN7O4S2Si/c1-28-30-12-10-18-50(38(30)48-47-37(28)46-41-51(27-54-20-21-58(5,6)7)32-13-8-9-14-34(32)56-41)40-45-36(39(52)53-4)35(57-40)15-11-19-55-33-17-16-29(22-31(33)44)43-23-42(24-43,25-43)26-49(2)3/h8-9,13-14,16-17,22H,10-12,15,18-21,23-27H2,1-7H3/b46-41-. The van der Waals surface area contributed by atoms with E-state index in [1.165, 1.54) is 18.4 Å². The Bertz CT molecular complexity index is 2380. The number of benzene rings is 2. The summed E-state index contributed by atoms with van der Waals surface area (Å²) in [5.41, 5.74) is 5.03. The Labute approximate surface area is 348 Å². The molecule has 0 saturated heterocycles. The maximum Gasteiger partial charge on any atom is 0.357 e.